The van der Waals surface area contributed by atoms with Gasteiger partial charge < -0.3 is 5.32 Å². The van der Waals surface area contributed by atoms with E-state index in [1.54, 1.807) is 12.1 Å². The molecule has 0 spiro atoms. The van der Waals surface area contributed by atoms with Crippen molar-refractivity contribution >= 4 is 26.7 Å². The average molecular weight is 369 g/mol. The monoisotopic (exact) mass is 369 g/mol. The number of rotatable bonds is 5. The van der Waals surface area contributed by atoms with E-state index in [-0.39, 0.29) is 4.90 Å². The first kappa shape index (κ1) is 18.4. The zero-order valence-electron chi connectivity index (χ0n) is 15.2. The molecule has 0 saturated heterocycles. The maximum absolute atomic E-state index is 11.3. The van der Waals surface area contributed by atoms with Crippen molar-refractivity contribution in [2.45, 2.75) is 32.1 Å². The topological polar surface area (TPSA) is 85.1 Å². The number of pyridine rings is 1. The Morgan fingerprint density at radius 2 is 1.69 bits per heavy atom. The Bertz CT molecular complexity index is 1060. The molecular weight excluding hydrogens is 346 g/mol. The first-order valence-electron chi connectivity index (χ1n) is 8.48. The van der Waals surface area contributed by atoms with Gasteiger partial charge in [-0.1, -0.05) is 23.8 Å². The second kappa shape index (κ2) is 7.05. The summed E-state index contributed by atoms with van der Waals surface area (Å²) in [7, 11) is -3.64. The Labute approximate surface area is 154 Å². The number of nitrogens with zero attached hydrogens (tertiary/aromatic N) is 1. The fourth-order valence-electron chi connectivity index (χ4n) is 3.12. The van der Waals surface area contributed by atoms with E-state index in [0.29, 0.717) is 6.54 Å². The van der Waals surface area contributed by atoms with Crippen LogP contribution in [0.25, 0.3) is 10.9 Å². The minimum Gasteiger partial charge on any atom is -0.370 e. The van der Waals surface area contributed by atoms with Crippen molar-refractivity contribution in [2.75, 3.05) is 11.9 Å². The van der Waals surface area contributed by atoms with Crippen LogP contribution in [0.15, 0.2) is 47.4 Å². The molecule has 1 aromatic heterocycles. The van der Waals surface area contributed by atoms with Crippen molar-refractivity contribution in [3.8, 4) is 0 Å². The van der Waals surface area contributed by atoms with Crippen molar-refractivity contribution in [3.05, 3.63) is 64.7 Å². The molecule has 3 N–H and O–H groups in total. The molecule has 3 aromatic rings. The number of primary sulfonamides is 1. The van der Waals surface area contributed by atoms with E-state index in [1.807, 2.05) is 0 Å². The quantitative estimate of drug-likeness (QED) is 0.721. The fraction of sp³-hybridized carbons (Fsp3) is 0.250. The Kier molecular flexibility index (Phi) is 4.98. The molecular formula is C20H23N3O2S. The number of benzene rings is 2. The molecule has 6 heteroatoms. The van der Waals surface area contributed by atoms with Crippen molar-refractivity contribution in [1.29, 1.82) is 0 Å². The number of anilines is 1. The summed E-state index contributed by atoms with van der Waals surface area (Å²) in [5, 5.41) is 9.66. The highest BCUT2D eigenvalue weighted by Crippen LogP contribution is 2.24. The number of nitrogens with one attached hydrogen (secondary N) is 1. The van der Waals surface area contributed by atoms with Crippen LogP contribution in [-0.4, -0.2) is 19.9 Å². The number of aromatic nitrogens is 1. The van der Waals surface area contributed by atoms with Gasteiger partial charge in [0.15, 0.2) is 0 Å². The Morgan fingerprint density at radius 1 is 1.00 bits per heavy atom. The molecule has 1 heterocycles. The summed E-state index contributed by atoms with van der Waals surface area (Å²) in [4.78, 5) is 4.88. The van der Waals surface area contributed by atoms with Gasteiger partial charge in [0.05, 0.1) is 10.4 Å². The highest BCUT2D eigenvalue weighted by molar-refractivity contribution is 7.89. The molecule has 2 aromatic carbocycles. The smallest absolute Gasteiger partial charge is 0.238 e. The number of aryl methyl sites for hydroxylation is 3. The van der Waals surface area contributed by atoms with Gasteiger partial charge in [0.1, 0.15) is 5.82 Å². The maximum Gasteiger partial charge on any atom is 0.238 e. The molecule has 0 radical (unpaired) electrons. The molecule has 0 aliphatic rings. The van der Waals surface area contributed by atoms with E-state index < -0.39 is 10.0 Å². The number of hydrogen-bond acceptors (Lipinski definition) is 4. The van der Waals surface area contributed by atoms with Gasteiger partial charge in [0.2, 0.25) is 10.0 Å². The molecule has 136 valence electrons. The number of hydrogen-bond donors (Lipinski definition) is 2. The van der Waals surface area contributed by atoms with E-state index >= 15 is 0 Å². The molecule has 0 aliphatic carbocycles. The standard InChI is InChI=1S/C20H23N3O2S/c1-13-10-15(3)20-18(11-13)14(2)12-19(23-20)22-9-8-16-4-6-17(7-5-16)26(21,24)25/h4-7,10-12H,8-9H2,1-3H3,(H,22,23)(H2,21,24,25). The van der Waals surface area contributed by atoms with E-state index in [4.69, 9.17) is 10.1 Å². The van der Waals surface area contributed by atoms with E-state index in [9.17, 15) is 8.42 Å². The van der Waals surface area contributed by atoms with Crippen LogP contribution in [0.1, 0.15) is 22.3 Å². The van der Waals surface area contributed by atoms with Gasteiger partial charge in [-0.3, -0.25) is 0 Å². The summed E-state index contributed by atoms with van der Waals surface area (Å²) < 4.78 is 22.6. The first-order chi connectivity index (χ1) is 12.2. The van der Waals surface area contributed by atoms with Crippen molar-refractivity contribution in [3.63, 3.8) is 0 Å². The molecule has 0 amide bonds. The highest BCUT2D eigenvalue weighted by Gasteiger charge is 2.08. The summed E-state index contributed by atoms with van der Waals surface area (Å²) in [6, 6.07) is 13.0. The van der Waals surface area contributed by atoms with Gasteiger partial charge in [-0.05, 0) is 68.1 Å². The lowest BCUT2D eigenvalue weighted by Crippen LogP contribution is -2.12. The van der Waals surface area contributed by atoms with Gasteiger partial charge >= 0.3 is 0 Å². The van der Waals surface area contributed by atoms with Gasteiger partial charge in [0.25, 0.3) is 0 Å². The van der Waals surface area contributed by atoms with Crippen molar-refractivity contribution in [1.82, 2.24) is 4.98 Å². The summed E-state index contributed by atoms with van der Waals surface area (Å²) in [5.74, 6) is 0.850. The molecule has 26 heavy (non-hydrogen) atoms. The van der Waals surface area contributed by atoms with Crippen molar-refractivity contribution < 1.29 is 8.42 Å². The number of nitrogens with two attached hydrogens (primary N) is 1. The Hall–Kier alpha value is -2.44. The third-order valence-corrected chi connectivity index (χ3v) is 5.36. The Morgan fingerprint density at radius 3 is 2.35 bits per heavy atom. The lowest BCUT2D eigenvalue weighted by Gasteiger charge is -2.11. The Balaban J connectivity index is 1.72. The van der Waals surface area contributed by atoms with E-state index in [2.05, 4.69) is 44.3 Å². The summed E-state index contributed by atoms with van der Waals surface area (Å²) in [5.41, 5.74) is 5.67. The molecule has 5 nitrogen and oxygen atoms in total. The number of fused-ring (bicyclic) bond motifs is 1. The van der Waals surface area contributed by atoms with Gasteiger partial charge in [0, 0.05) is 11.9 Å². The SMILES string of the molecule is Cc1cc(C)c2nc(NCCc3ccc(S(N)(=O)=O)cc3)cc(C)c2c1. The predicted octanol–water partition coefficient (Wildman–Crippen LogP) is 3.46. The van der Waals surface area contributed by atoms with Crippen LogP contribution < -0.4 is 10.5 Å². The zero-order chi connectivity index (χ0) is 18.9. The van der Waals surface area contributed by atoms with E-state index in [0.717, 1.165) is 23.3 Å². The minimum atomic E-state index is -3.64. The largest absolute Gasteiger partial charge is 0.370 e. The van der Waals surface area contributed by atoms with Gasteiger partial charge in [-0.15, -0.1) is 0 Å². The third kappa shape index (κ3) is 4.03. The predicted molar refractivity (Wildman–Crippen MR) is 106 cm³/mol. The summed E-state index contributed by atoms with van der Waals surface area (Å²) in [6.07, 6.45) is 0.760. The molecule has 3 rings (SSSR count). The molecule has 0 saturated carbocycles. The lowest BCUT2D eigenvalue weighted by molar-refractivity contribution is 0.598. The van der Waals surface area contributed by atoms with Gasteiger partial charge in [-0.25, -0.2) is 18.5 Å². The lowest BCUT2D eigenvalue weighted by atomic mass is 10.0. The zero-order valence-corrected chi connectivity index (χ0v) is 16.0. The van der Waals surface area contributed by atoms with Crippen LogP contribution in [0.4, 0.5) is 5.82 Å². The summed E-state index contributed by atoms with van der Waals surface area (Å²) >= 11 is 0. The fourth-order valence-corrected chi connectivity index (χ4v) is 3.63. The third-order valence-electron chi connectivity index (χ3n) is 4.43. The molecule has 0 bridgehead atoms. The number of sulfonamides is 1. The second-order valence-electron chi connectivity index (χ2n) is 6.67. The molecule has 0 unspecified atom stereocenters. The maximum atomic E-state index is 11.3. The molecule has 0 atom stereocenters. The van der Waals surface area contributed by atoms with Crippen LogP contribution in [0.5, 0.6) is 0 Å². The van der Waals surface area contributed by atoms with Crippen LogP contribution in [0, 0.1) is 20.8 Å². The van der Waals surface area contributed by atoms with E-state index in [1.165, 1.54) is 34.2 Å². The van der Waals surface area contributed by atoms with Crippen LogP contribution in [-0.2, 0) is 16.4 Å². The van der Waals surface area contributed by atoms with Crippen LogP contribution in [0.2, 0.25) is 0 Å². The highest BCUT2D eigenvalue weighted by atomic mass is 32.2. The molecule has 0 aliphatic heterocycles. The van der Waals surface area contributed by atoms with Gasteiger partial charge in [-0.2, -0.15) is 0 Å². The normalized spacial score (nSPS) is 11.7. The first-order valence-corrected chi connectivity index (χ1v) is 10.0. The van der Waals surface area contributed by atoms with Crippen LogP contribution in [0.3, 0.4) is 0 Å². The molecule has 0 fully saturated rings. The summed E-state index contributed by atoms with van der Waals surface area (Å²) in [6.45, 7) is 6.98. The minimum absolute atomic E-state index is 0.131. The van der Waals surface area contributed by atoms with Crippen molar-refractivity contribution in [2.24, 2.45) is 5.14 Å². The van der Waals surface area contributed by atoms with Crippen LogP contribution >= 0.6 is 0 Å². The average Bonchev–Trinajstić information content (AvgIpc) is 2.56. The second-order valence-corrected chi connectivity index (χ2v) is 8.23.